The van der Waals surface area contributed by atoms with Gasteiger partial charge in [0, 0.05) is 31.6 Å². The lowest BCUT2D eigenvalue weighted by molar-refractivity contribution is -0.132. The summed E-state index contributed by atoms with van der Waals surface area (Å²) < 4.78 is 5.90. The molecule has 0 bridgehead atoms. The summed E-state index contributed by atoms with van der Waals surface area (Å²) in [6.07, 6.45) is 5.54. The monoisotopic (exact) mass is 509 g/mol. The second-order valence-corrected chi connectivity index (χ2v) is 10.7. The van der Waals surface area contributed by atoms with Crippen LogP contribution in [0.25, 0.3) is 0 Å². The molecule has 0 radical (unpaired) electrons. The van der Waals surface area contributed by atoms with Crippen molar-refractivity contribution in [1.29, 1.82) is 0 Å². The van der Waals surface area contributed by atoms with Gasteiger partial charge in [0.05, 0.1) is 12.3 Å². The molecule has 1 aliphatic heterocycles. The molecular weight excluding hydrogens is 466 g/mol. The number of hydrogen-bond acceptors (Lipinski definition) is 6. The maximum atomic E-state index is 13.2. The highest BCUT2D eigenvalue weighted by atomic mass is 16.5. The first-order valence-corrected chi connectivity index (χ1v) is 13.7. The van der Waals surface area contributed by atoms with Gasteiger partial charge in [-0.2, -0.15) is 0 Å². The molecule has 7 nitrogen and oxygen atoms in total. The van der Waals surface area contributed by atoms with E-state index in [9.17, 15) is 14.7 Å². The summed E-state index contributed by atoms with van der Waals surface area (Å²) >= 11 is 0. The number of Topliss-reactive ketones (excluding diaryl/α,β-unsaturated/α-hetero) is 1. The van der Waals surface area contributed by atoms with Gasteiger partial charge in [0.1, 0.15) is 17.5 Å². The fraction of sp³-hybridized carbons (Fsp3) is 0.567. The van der Waals surface area contributed by atoms with Crippen LogP contribution in [0.3, 0.4) is 0 Å². The fourth-order valence-corrected chi connectivity index (χ4v) is 4.71. The Balaban J connectivity index is 1.68. The summed E-state index contributed by atoms with van der Waals surface area (Å²) in [5.41, 5.74) is 2.08. The van der Waals surface area contributed by atoms with E-state index in [1.807, 2.05) is 45.0 Å². The van der Waals surface area contributed by atoms with E-state index in [-0.39, 0.29) is 29.9 Å². The number of ketones is 1. The Morgan fingerprint density at radius 1 is 1.11 bits per heavy atom. The highest BCUT2D eigenvalue weighted by molar-refractivity contribution is 5.89. The maximum absolute atomic E-state index is 13.2. The predicted molar refractivity (Wildman–Crippen MR) is 145 cm³/mol. The number of unbranched alkanes of at least 4 members (excludes halogenated alkanes) is 1. The third-order valence-electron chi connectivity index (χ3n) is 7.10. The van der Waals surface area contributed by atoms with Crippen molar-refractivity contribution in [3.8, 4) is 11.5 Å². The van der Waals surface area contributed by atoms with Gasteiger partial charge in [-0.1, -0.05) is 45.7 Å². The highest BCUT2D eigenvalue weighted by Gasteiger charge is 2.32. The SMILES string of the molecule is CCCCC1CCN(Cc2ccc(Oc3ccc(C)nc3)cc2)CCC(=O)N[C@H]([C@H](O)C(C)C)C(=O)C1. The van der Waals surface area contributed by atoms with E-state index in [4.69, 9.17) is 4.74 Å². The zero-order valence-corrected chi connectivity index (χ0v) is 22.8. The minimum Gasteiger partial charge on any atom is -0.456 e. The lowest BCUT2D eigenvalue weighted by Gasteiger charge is -2.27. The number of aryl methyl sites for hydroxylation is 1. The van der Waals surface area contributed by atoms with E-state index < -0.39 is 12.1 Å². The number of aliphatic hydroxyl groups is 1. The summed E-state index contributed by atoms with van der Waals surface area (Å²) in [5, 5.41) is 13.5. The average Bonchev–Trinajstić information content (AvgIpc) is 2.90. The van der Waals surface area contributed by atoms with E-state index in [1.54, 1.807) is 6.20 Å². The first kappa shape index (κ1) is 28.8. The Morgan fingerprint density at radius 2 is 1.84 bits per heavy atom. The van der Waals surface area contributed by atoms with E-state index in [0.717, 1.165) is 49.2 Å². The number of pyridine rings is 1. The molecular formula is C30H43N3O4. The number of aliphatic hydroxyl groups excluding tert-OH is 1. The zero-order valence-electron chi connectivity index (χ0n) is 22.8. The van der Waals surface area contributed by atoms with Gasteiger partial charge in [-0.05, 0) is 68.0 Å². The molecule has 2 aromatic rings. The van der Waals surface area contributed by atoms with Crippen LogP contribution in [0.5, 0.6) is 11.5 Å². The van der Waals surface area contributed by atoms with Gasteiger partial charge >= 0.3 is 0 Å². The van der Waals surface area contributed by atoms with Crippen molar-refractivity contribution < 1.29 is 19.4 Å². The van der Waals surface area contributed by atoms with Gasteiger partial charge in [0.15, 0.2) is 5.78 Å². The molecule has 1 unspecified atom stereocenters. The molecule has 0 aliphatic carbocycles. The quantitative estimate of drug-likeness (QED) is 0.492. The number of benzene rings is 1. The van der Waals surface area contributed by atoms with Crippen LogP contribution in [0.4, 0.5) is 0 Å². The third-order valence-corrected chi connectivity index (χ3v) is 7.10. The Morgan fingerprint density at radius 3 is 2.49 bits per heavy atom. The van der Waals surface area contributed by atoms with Crippen LogP contribution in [0.1, 0.15) is 70.6 Å². The van der Waals surface area contributed by atoms with Crippen LogP contribution in [0.15, 0.2) is 42.6 Å². The topological polar surface area (TPSA) is 91.8 Å². The van der Waals surface area contributed by atoms with Gasteiger partial charge in [0.25, 0.3) is 0 Å². The molecule has 37 heavy (non-hydrogen) atoms. The first-order valence-electron chi connectivity index (χ1n) is 13.7. The van der Waals surface area contributed by atoms with Crippen LogP contribution in [0.2, 0.25) is 0 Å². The lowest BCUT2D eigenvalue weighted by atomic mass is 9.87. The second kappa shape index (κ2) is 14.2. The van der Waals surface area contributed by atoms with Crippen molar-refractivity contribution in [2.75, 3.05) is 13.1 Å². The van der Waals surface area contributed by atoms with Gasteiger partial charge in [-0.3, -0.25) is 19.5 Å². The van der Waals surface area contributed by atoms with Crippen LogP contribution >= 0.6 is 0 Å². The normalized spacial score (nSPS) is 20.8. The molecule has 1 aromatic carbocycles. The second-order valence-electron chi connectivity index (χ2n) is 10.7. The molecule has 7 heteroatoms. The smallest absolute Gasteiger partial charge is 0.221 e. The van der Waals surface area contributed by atoms with Gasteiger partial charge < -0.3 is 15.2 Å². The molecule has 1 saturated heterocycles. The number of carbonyl (C=O) groups is 2. The predicted octanol–water partition coefficient (Wildman–Crippen LogP) is 5.05. The fourth-order valence-electron chi connectivity index (χ4n) is 4.71. The summed E-state index contributed by atoms with van der Waals surface area (Å²) in [7, 11) is 0. The Hall–Kier alpha value is -2.77. The van der Waals surface area contributed by atoms with Crippen LogP contribution in [0, 0.1) is 18.8 Å². The highest BCUT2D eigenvalue weighted by Crippen LogP contribution is 2.24. The molecule has 202 valence electrons. The van der Waals surface area contributed by atoms with E-state index in [2.05, 4.69) is 34.3 Å². The van der Waals surface area contributed by atoms with Crippen LogP contribution < -0.4 is 10.1 Å². The molecule has 1 aromatic heterocycles. The molecule has 2 heterocycles. The Bertz CT molecular complexity index is 991. The number of hydrogen-bond donors (Lipinski definition) is 2. The van der Waals surface area contributed by atoms with Gasteiger partial charge in [-0.15, -0.1) is 0 Å². The molecule has 3 atom stereocenters. The van der Waals surface area contributed by atoms with Crippen molar-refractivity contribution in [3.05, 3.63) is 53.9 Å². The summed E-state index contributed by atoms with van der Waals surface area (Å²) in [6, 6.07) is 11.0. The van der Waals surface area contributed by atoms with E-state index in [0.29, 0.717) is 25.3 Å². The van der Waals surface area contributed by atoms with Gasteiger partial charge in [0.2, 0.25) is 5.91 Å². The lowest BCUT2D eigenvalue weighted by Crippen LogP contribution is -2.51. The molecule has 3 rings (SSSR count). The number of carbonyl (C=O) groups excluding carboxylic acids is 2. The van der Waals surface area contributed by atoms with Crippen LogP contribution in [-0.4, -0.2) is 51.9 Å². The van der Waals surface area contributed by atoms with Gasteiger partial charge in [-0.25, -0.2) is 0 Å². The van der Waals surface area contributed by atoms with E-state index >= 15 is 0 Å². The summed E-state index contributed by atoms with van der Waals surface area (Å²) in [4.78, 5) is 32.5. The molecule has 2 N–H and O–H groups in total. The molecule has 1 aliphatic rings. The third kappa shape index (κ3) is 9.24. The molecule has 1 amide bonds. The van der Waals surface area contributed by atoms with Crippen molar-refractivity contribution in [2.45, 2.75) is 84.9 Å². The maximum Gasteiger partial charge on any atom is 0.221 e. The summed E-state index contributed by atoms with van der Waals surface area (Å²) in [5.74, 6) is 1.34. The van der Waals surface area contributed by atoms with Crippen molar-refractivity contribution >= 4 is 11.7 Å². The number of nitrogens with one attached hydrogen (secondary N) is 1. The Kier molecular flexibility index (Phi) is 11.1. The van der Waals surface area contributed by atoms with Crippen molar-refractivity contribution in [3.63, 3.8) is 0 Å². The average molecular weight is 510 g/mol. The zero-order chi connectivity index (χ0) is 26.8. The number of ether oxygens (including phenoxy) is 1. The number of amides is 1. The minimum absolute atomic E-state index is 0.0523. The number of aromatic nitrogens is 1. The number of rotatable bonds is 9. The standard InChI is InChI=1S/C30H43N3O4/c1-5-6-7-23-14-16-33(17-15-28(35)32-29(27(34)18-23)30(36)21(2)3)20-24-9-12-25(13-10-24)37-26-11-8-22(4)31-19-26/h8-13,19,21,23,29-30,36H,5-7,14-18,20H2,1-4H3,(H,32,35)/t23?,29-,30+/m0/s1. The number of nitrogens with zero attached hydrogens (tertiary/aromatic N) is 2. The molecule has 0 saturated carbocycles. The molecule has 1 fully saturated rings. The van der Waals surface area contributed by atoms with E-state index in [1.165, 1.54) is 0 Å². The van der Waals surface area contributed by atoms with Crippen LogP contribution in [-0.2, 0) is 16.1 Å². The van der Waals surface area contributed by atoms with Crippen molar-refractivity contribution in [2.24, 2.45) is 11.8 Å². The molecule has 0 spiro atoms. The first-order chi connectivity index (χ1) is 17.7. The Labute approximate surface area is 221 Å². The minimum atomic E-state index is -0.878. The largest absolute Gasteiger partial charge is 0.456 e. The van der Waals surface area contributed by atoms with Crippen molar-refractivity contribution in [1.82, 2.24) is 15.2 Å². The summed E-state index contributed by atoms with van der Waals surface area (Å²) in [6.45, 7) is 9.98.